The first-order valence-corrected chi connectivity index (χ1v) is 6.32. The van der Waals surface area contributed by atoms with Crippen molar-refractivity contribution in [1.82, 2.24) is 10.3 Å². The van der Waals surface area contributed by atoms with Gasteiger partial charge >= 0.3 is 0 Å². The average Bonchev–Trinajstić information content (AvgIpc) is 2.37. The van der Waals surface area contributed by atoms with Crippen molar-refractivity contribution in [1.29, 1.82) is 0 Å². The van der Waals surface area contributed by atoms with Crippen LogP contribution < -0.4 is 11.3 Å². The molecule has 2 atom stereocenters. The molecular weight excluding hydrogens is 229 g/mol. The standard InChI is InChI=1S/C14H24FN3/c1-5-14(2,18(3)4)13(17-16)10-11-6-8-12(15)9-7-11/h6-9,13,17H,5,10,16H2,1-4H3. The summed E-state index contributed by atoms with van der Waals surface area (Å²) in [6, 6.07) is 6.71. The van der Waals surface area contributed by atoms with Crippen molar-refractivity contribution in [3.05, 3.63) is 35.6 Å². The van der Waals surface area contributed by atoms with Crippen molar-refractivity contribution in [3.63, 3.8) is 0 Å². The van der Waals surface area contributed by atoms with Crippen LogP contribution in [-0.4, -0.2) is 30.6 Å². The molecule has 2 unspecified atom stereocenters. The van der Waals surface area contributed by atoms with Crippen LogP contribution in [0.2, 0.25) is 0 Å². The van der Waals surface area contributed by atoms with Crippen LogP contribution in [0.1, 0.15) is 25.8 Å². The van der Waals surface area contributed by atoms with Crippen LogP contribution in [0, 0.1) is 5.82 Å². The maximum absolute atomic E-state index is 12.9. The van der Waals surface area contributed by atoms with Gasteiger partial charge in [0.15, 0.2) is 0 Å². The van der Waals surface area contributed by atoms with Gasteiger partial charge in [0.05, 0.1) is 0 Å². The summed E-state index contributed by atoms with van der Waals surface area (Å²) in [6.07, 6.45) is 1.76. The van der Waals surface area contributed by atoms with E-state index in [1.165, 1.54) is 12.1 Å². The zero-order chi connectivity index (χ0) is 13.8. The summed E-state index contributed by atoms with van der Waals surface area (Å²) in [5.41, 5.74) is 3.95. The number of halogens is 1. The van der Waals surface area contributed by atoms with Crippen molar-refractivity contribution >= 4 is 0 Å². The summed E-state index contributed by atoms with van der Waals surface area (Å²) in [5.74, 6) is 5.49. The molecule has 1 aromatic carbocycles. The summed E-state index contributed by atoms with van der Waals surface area (Å²) in [6.45, 7) is 4.33. The molecule has 0 amide bonds. The largest absolute Gasteiger partial charge is 0.302 e. The van der Waals surface area contributed by atoms with Crippen molar-refractivity contribution in [2.45, 2.75) is 38.3 Å². The molecule has 3 N–H and O–H groups in total. The molecule has 4 heteroatoms. The lowest BCUT2D eigenvalue weighted by Gasteiger charge is -2.42. The highest BCUT2D eigenvalue weighted by molar-refractivity contribution is 5.18. The second-order valence-corrected chi connectivity index (χ2v) is 5.15. The fourth-order valence-corrected chi connectivity index (χ4v) is 2.19. The summed E-state index contributed by atoms with van der Waals surface area (Å²) in [5, 5.41) is 0. The number of nitrogens with zero attached hydrogens (tertiary/aromatic N) is 1. The Bertz CT molecular complexity index is 364. The molecule has 3 nitrogen and oxygen atoms in total. The summed E-state index contributed by atoms with van der Waals surface area (Å²) < 4.78 is 12.9. The van der Waals surface area contributed by atoms with E-state index in [0.717, 1.165) is 18.4 Å². The molecule has 0 aliphatic carbocycles. The number of hydrazine groups is 1. The number of hydrogen-bond donors (Lipinski definition) is 2. The summed E-state index contributed by atoms with van der Waals surface area (Å²) in [4.78, 5) is 2.18. The number of benzene rings is 1. The quantitative estimate of drug-likeness (QED) is 0.601. The van der Waals surface area contributed by atoms with Gasteiger partial charge in [0.1, 0.15) is 5.82 Å². The van der Waals surface area contributed by atoms with E-state index in [1.807, 2.05) is 12.1 Å². The van der Waals surface area contributed by atoms with E-state index in [-0.39, 0.29) is 17.4 Å². The highest BCUT2D eigenvalue weighted by atomic mass is 19.1. The second kappa shape index (κ2) is 6.27. The molecule has 0 radical (unpaired) electrons. The molecular formula is C14H24FN3. The number of nitrogens with one attached hydrogen (secondary N) is 1. The Morgan fingerprint density at radius 3 is 2.28 bits per heavy atom. The van der Waals surface area contributed by atoms with Crippen molar-refractivity contribution < 1.29 is 4.39 Å². The van der Waals surface area contributed by atoms with Gasteiger partial charge < -0.3 is 4.90 Å². The average molecular weight is 253 g/mol. The third-order valence-electron chi connectivity index (χ3n) is 4.04. The highest BCUT2D eigenvalue weighted by Crippen LogP contribution is 2.23. The Hall–Kier alpha value is -0.970. The van der Waals surface area contributed by atoms with E-state index in [2.05, 4.69) is 38.3 Å². The van der Waals surface area contributed by atoms with Gasteiger partial charge in [-0.05, 0) is 51.6 Å². The Kier molecular flexibility index (Phi) is 5.26. The topological polar surface area (TPSA) is 41.3 Å². The van der Waals surface area contributed by atoms with E-state index >= 15 is 0 Å². The Morgan fingerprint density at radius 1 is 1.33 bits per heavy atom. The lowest BCUT2D eigenvalue weighted by atomic mass is 9.84. The fraction of sp³-hybridized carbons (Fsp3) is 0.571. The second-order valence-electron chi connectivity index (χ2n) is 5.15. The van der Waals surface area contributed by atoms with Crippen molar-refractivity contribution in [2.24, 2.45) is 5.84 Å². The maximum Gasteiger partial charge on any atom is 0.123 e. The van der Waals surface area contributed by atoms with Gasteiger partial charge in [-0.3, -0.25) is 11.3 Å². The summed E-state index contributed by atoms with van der Waals surface area (Å²) >= 11 is 0. The monoisotopic (exact) mass is 253 g/mol. The number of likely N-dealkylation sites (N-methyl/N-ethyl adjacent to an activating group) is 1. The molecule has 1 rings (SSSR count). The van der Waals surface area contributed by atoms with Crippen molar-refractivity contribution in [3.8, 4) is 0 Å². The van der Waals surface area contributed by atoms with Gasteiger partial charge in [0.2, 0.25) is 0 Å². The zero-order valence-electron chi connectivity index (χ0n) is 11.7. The Balaban J connectivity index is 2.87. The Labute approximate surface area is 109 Å². The van der Waals surface area contributed by atoms with Crippen LogP contribution >= 0.6 is 0 Å². The molecule has 0 heterocycles. The first-order chi connectivity index (χ1) is 8.43. The minimum Gasteiger partial charge on any atom is -0.302 e. The lowest BCUT2D eigenvalue weighted by molar-refractivity contribution is 0.112. The highest BCUT2D eigenvalue weighted by Gasteiger charge is 2.33. The molecule has 0 aliphatic rings. The van der Waals surface area contributed by atoms with Crippen LogP contribution in [0.5, 0.6) is 0 Å². The van der Waals surface area contributed by atoms with Gasteiger partial charge in [-0.1, -0.05) is 19.1 Å². The predicted molar refractivity (Wildman–Crippen MR) is 73.6 cm³/mol. The molecule has 1 aromatic rings. The normalized spacial score (nSPS) is 16.6. The van der Waals surface area contributed by atoms with Crippen LogP contribution in [0.15, 0.2) is 24.3 Å². The zero-order valence-corrected chi connectivity index (χ0v) is 11.7. The number of rotatable bonds is 6. The van der Waals surface area contributed by atoms with Crippen LogP contribution in [0.3, 0.4) is 0 Å². The van der Waals surface area contributed by atoms with E-state index in [9.17, 15) is 4.39 Å². The third-order valence-corrected chi connectivity index (χ3v) is 4.04. The van der Waals surface area contributed by atoms with E-state index < -0.39 is 0 Å². The molecule has 0 spiro atoms. The molecule has 0 bridgehead atoms. The molecule has 0 saturated heterocycles. The SMILES string of the molecule is CCC(C)(C(Cc1ccc(F)cc1)NN)N(C)C. The summed E-state index contributed by atoms with van der Waals surface area (Å²) in [7, 11) is 4.11. The number of nitrogens with two attached hydrogens (primary N) is 1. The first kappa shape index (κ1) is 15.1. The minimum absolute atomic E-state index is 0.0386. The third kappa shape index (κ3) is 3.28. The molecule has 0 fully saturated rings. The lowest BCUT2D eigenvalue weighted by Crippen LogP contribution is -2.59. The molecule has 102 valence electrons. The van der Waals surface area contributed by atoms with Crippen LogP contribution in [-0.2, 0) is 6.42 Å². The Morgan fingerprint density at radius 2 is 1.89 bits per heavy atom. The fourth-order valence-electron chi connectivity index (χ4n) is 2.19. The van der Waals surface area contributed by atoms with Crippen LogP contribution in [0.4, 0.5) is 4.39 Å². The van der Waals surface area contributed by atoms with Crippen LogP contribution in [0.25, 0.3) is 0 Å². The molecule has 0 saturated carbocycles. The van der Waals surface area contributed by atoms with Gasteiger partial charge in [-0.2, -0.15) is 0 Å². The van der Waals surface area contributed by atoms with Gasteiger partial charge in [0.25, 0.3) is 0 Å². The number of hydrogen-bond acceptors (Lipinski definition) is 3. The van der Waals surface area contributed by atoms with E-state index in [4.69, 9.17) is 5.84 Å². The van der Waals surface area contributed by atoms with E-state index in [1.54, 1.807) is 0 Å². The van der Waals surface area contributed by atoms with Crippen molar-refractivity contribution in [2.75, 3.05) is 14.1 Å². The maximum atomic E-state index is 12.9. The molecule has 18 heavy (non-hydrogen) atoms. The van der Waals surface area contributed by atoms with Gasteiger partial charge in [-0.15, -0.1) is 0 Å². The predicted octanol–water partition coefficient (Wildman–Crippen LogP) is 1.93. The van der Waals surface area contributed by atoms with E-state index in [0.29, 0.717) is 0 Å². The van der Waals surface area contributed by atoms with Gasteiger partial charge in [-0.25, -0.2) is 4.39 Å². The van der Waals surface area contributed by atoms with Gasteiger partial charge in [0, 0.05) is 11.6 Å². The smallest absolute Gasteiger partial charge is 0.123 e. The molecule has 0 aliphatic heterocycles. The minimum atomic E-state index is -0.207. The molecule has 0 aromatic heterocycles. The first-order valence-electron chi connectivity index (χ1n) is 6.32.